The Morgan fingerprint density at radius 1 is 0.667 bits per heavy atom. The van der Waals surface area contributed by atoms with E-state index in [1.165, 1.54) is 15.9 Å². The van der Waals surface area contributed by atoms with Crippen LogP contribution in [0.25, 0.3) is 0 Å². The molecule has 194 valence electrons. The molecule has 0 bridgehead atoms. The predicted octanol–water partition coefficient (Wildman–Crippen LogP) is 7.78. The van der Waals surface area contributed by atoms with Crippen molar-refractivity contribution in [1.82, 2.24) is 5.32 Å². The zero-order valence-corrected chi connectivity index (χ0v) is 23.6. The Bertz CT molecular complexity index is 1500. The highest BCUT2D eigenvalue weighted by Crippen LogP contribution is 2.49. The van der Waals surface area contributed by atoms with Gasteiger partial charge in [0.1, 0.15) is 0 Å². The monoisotopic (exact) mass is 568 g/mol. The molecule has 5 rings (SSSR count). The highest BCUT2D eigenvalue weighted by atomic mass is 35.5. The van der Waals surface area contributed by atoms with Crippen LogP contribution in [-0.4, -0.2) is 12.5 Å². The number of nitrogens with one attached hydrogen (secondary N) is 1. The molecule has 0 saturated carbocycles. The molecule has 0 aliphatic heterocycles. The normalized spacial score (nSPS) is 11.1. The van der Waals surface area contributed by atoms with E-state index >= 15 is 0 Å². The fraction of sp³-hybridized carbons (Fsp3) is 0.0606. The summed E-state index contributed by atoms with van der Waals surface area (Å²) in [6, 6.07) is 44.4. The van der Waals surface area contributed by atoms with Crippen LogP contribution in [0.3, 0.4) is 0 Å². The molecule has 6 heteroatoms. The summed E-state index contributed by atoms with van der Waals surface area (Å²) in [5, 5.41) is 7.69. The van der Waals surface area contributed by atoms with Crippen LogP contribution in [-0.2, 0) is 6.42 Å². The maximum atomic E-state index is 12.8. The van der Waals surface area contributed by atoms with E-state index in [0.29, 0.717) is 28.6 Å². The van der Waals surface area contributed by atoms with Gasteiger partial charge >= 0.3 is 0 Å². The van der Waals surface area contributed by atoms with Gasteiger partial charge in [0.2, 0.25) is 0 Å². The number of amides is 1. The molecule has 1 amide bonds. The highest BCUT2D eigenvalue weighted by molar-refractivity contribution is 7.87. The summed E-state index contributed by atoms with van der Waals surface area (Å²) in [5.41, 5.74) is 2.35. The zero-order valence-electron chi connectivity index (χ0n) is 21.2. The average Bonchev–Trinajstić information content (AvgIpc) is 2.98. The molecule has 3 nitrogen and oxygen atoms in total. The van der Waals surface area contributed by atoms with Crippen molar-refractivity contribution in [3.8, 4) is 0 Å². The van der Waals surface area contributed by atoms with Crippen molar-refractivity contribution in [1.29, 1.82) is 0 Å². The first-order chi connectivity index (χ1) is 19.1. The number of hydrogen-bond acceptors (Lipinski definition) is 2. The number of benzene rings is 5. The summed E-state index contributed by atoms with van der Waals surface area (Å²) >= 11 is 12.2. The summed E-state index contributed by atoms with van der Waals surface area (Å²) in [6.07, 6.45) is 0.618. The lowest BCUT2D eigenvalue weighted by Crippen LogP contribution is -2.25. The van der Waals surface area contributed by atoms with Gasteiger partial charge in [-0.05, 0) is 48.4 Å². The number of nitrogens with zero attached hydrogens (tertiary/aromatic N) is 1. The molecule has 0 heterocycles. The van der Waals surface area contributed by atoms with Crippen LogP contribution in [0.15, 0.2) is 138 Å². The van der Waals surface area contributed by atoms with E-state index in [9.17, 15) is 4.79 Å². The average molecular weight is 569 g/mol. The minimum absolute atomic E-state index is 0.137. The van der Waals surface area contributed by atoms with E-state index < -0.39 is 7.05 Å². The first-order valence-corrected chi connectivity index (χ1v) is 15.2. The second-order valence-corrected chi connectivity index (χ2v) is 12.9. The first-order valence-electron chi connectivity index (χ1n) is 12.7. The summed E-state index contributed by atoms with van der Waals surface area (Å²) in [4.78, 5) is 12.8. The summed E-state index contributed by atoms with van der Waals surface area (Å²) in [6.45, 7) is 0.469. The fourth-order valence-electron chi connectivity index (χ4n) is 4.54. The third-order valence-corrected chi connectivity index (χ3v) is 10.7. The molecule has 39 heavy (non-hydrogen) atoms. The van der Waals surface area contributed by atoms with Gasteiger partial charge in [0.05, 0.1) is 12.7 Å². The fourth-order valence-corrected chi connectivity index (χ4v) is 8.58. The third-order valence-electron chi connectivity index (χ3n) is 6.48. The van der Waals surface area contributed by atoms with Crippen molar-refractivity contribution in [3.05, 3.63) is 155 Å². The second kappa shape index (κ2) is 12.5. The molecule has 5 aromatic rings. The van der Waals surface area contributed by atoms with Crippen LogP contribution in [0.1, 0.15) is 15.9 Å². The molecular formula is C33H27Cl2N2OP. The molecule has 1 N–H and O–H groups in total. The van der Waals surface area contributed by atoms with E-state index in [0.717, 1.165) is 11.3 Å². The molecule has 0 aliphatic carbocycles. The lowest BCUT2D eigenvalue weighted by Gasteiger charge is -2.27. The van der Waals surface area contributed by atoms with E-state index in [4.69, 9.17) is 27.9 Å². The molecule has 0 aliphatic rings. The lowest BCUT2D eigenvalue weighted by molar-refractivity contribution is 0.0954. The van der Waals surface area contributed by atoms with Gasteiger partial charge in [-0.25, -0.2) is 0 Å². The Labute approximate surface area is 239 Å². The zero-order chi connectivity index (χ0) is 27.1. The van der Waals surface area contributed by atoms with E-state index in [1.807, 2.05) is 48.5 Å². The molecule has 0 spiro atoms. The van der Waals surface area contributed by atoms with Gasteiger partial charge in [0.15, 0.2) is 0 Å². The van der Waals surface area contributed by atoms with Gasteiger partial charge < -0.3 is 5.32 Å². The van der Waals surface area contributed by atoms with Gasteiger partial charge in [-0.2, -0.15) is 0 Å². The van der Waals surface area contributed by atoms with E-state index in [2.05, 4.69) is 78.1 Å². The van der Waals surface area contributed by atoms with Crippen molar-refractivity contribution in [3.63, 3.8) is 0 Å². The molecule has 5 aromatic carbocycles. The van der Waals surface area contributed by atoms with Crippen molar-refractivity contribution in [2.45, 2.75) is 6.42 Å². The van der Waals surface area contributed by atoms with Gasteiger partial charge in [0.25, 0.3) is 5.91 Å². The summed E-state index contributed by atoms with van der Waals surface area (Å²) in [7, 11) is -2.37. The first kappa shape index (κ1) is 27.0. The summed E-state index contributed by atoms with van der Waals surface area (Å²) in [5.74, 6) is -0.137. The van der Waals surface area contributed by atoms with Gasteiger partial charge in [-0.1, -0.05) is 120 Å². The second-order valence-electron chi connectivity index (χ2n) is 9.03. The standard InChI is InChI=1S/C33H27Cl2N2OP/c34-27-19-16-25(32(35)24-27)22-23-36-33(38)26-17-20-28(21-18-26)37-39(29-10-4-1-5-11-29,30-12-6-2-7-13-30)31-14-8-3-9-15-31/h1-21,24H,22-23H2,(H,36,38). The maximum Gasteiger partial charge on any atom is 0.251 e. The number of rotatable bonds is 8. The Morgan fingerprint density at radius 2 is 1.18 bits per heavy atom. The molecule has 0 saturated heterocycles. The van der Waals surface area contributed by atoms with Gasteiger partial charge in [-0.15, -0.1) is 0 Å². The van der Waals surface area contributed by atoms with Crippen molar-refractivity contribution < 1.29 is 4.79 Å². The maximum absolute atomic E-state index is 12.8. The molecular weight excluding hydrogens is 542 g/mol. The quantitative estimate of drug-likeness (QED) is 0.191. The van der Waals surface area contributed by atoms with E-state index in [1.54, 1.807) is 12.1 Å². The molecule has 0 aromatic heterocycles. The lowest BCUT2D eigenvalue weighted by atomic mass is 10.1. The Kier molecular flexibility index (Phi) is 8.64. The van der Waals surface area contributed by atoms with Gasteiger partial charge in [0, 0.05) is 38.1 Å². The predicted molar refractivity (Wildman–Crippen MR) is 166 cm³/mol. The smallest absolute Gasteiger partial charge is 0.251 e. The molecule has 0 radical (unpaired) electrons. The van der Waals surface area contributed by atoms with Crippen LogP contribution in [0.2, 0.25) is 10.0 Å². The van der Waals surface area contributed by atoms with Gasteiger partial charge in [-0.3, -0.25) is 9.54 Å². The van der Waals surface area contributed by atoms with E-state index in [-0.39, 0.29) is 5.91 Å². The van der Waals surface area contributed by atoms with Crippen LogP contribution in [0, 0.1) is 0 Å². The third kappa shape index (κ3) is 6.18. The Hall–Kier alpha value is -3.62. The summed E-state index contributed by atoms with van der Waals surface area (Å²) < 4.78 is 5.47. The topological polar surface area (TPSA) is 41.5 Å². The molecule has 0 atom stereocenters. The van der Waals surface area contributed by atoms with Crippen molar-refractivity contribution >= 4 is 57.8 Å². The van der Waals surface area contributed by atoms with Crippen LogP contribution in [0.4, 0.5) is 5.69 Å². The Morgan fingerprint density at radius 3 is 1.67 bits per heavy atom. The molecule has 0 fully saturated rings. The Balaban J connectivity index is 1.46. The van der Waals surface area contributed by atoms with Crippen molar-refractivity contribution in [2.75, 3.05) is 6.54 Å². The SMILES string of the molecule is O=C(NCCc1ccc(Cl)cc1Cl)c1ccc(N=P(c2ccccc2)(c2ccccc2)c2ccccc2)cc1. The van der Waals surface area contributed by atoms with Crippen LogP contribution in [0.5, 0.6) is 0 Å². The van der Waals surface area contributed by atoms with Crippen molar-refractivity contribution in [2.24, 2.45) is 4.74 Å². The highest BCUT2D eigenvalue weighted by Gasteiger charge is 2.27. The number of carbonyl (C=O) groups is 1. The minimum atomic E-state index is -2.37. The number of halogens is 2. The number of hydrogen-bond donors (Lipinski definition) is 1. The largest absolute Gasteiger partial charge is 0.352 e. The molecule has 0 unspecified atom stereocenters. The minimum Gasteiger partial charge on any atom is -0.352 e. The number of carbonyl (C=O) groups excluding carboxylic acids is 1. The van der Waals surface area contributed by atoms with Crippen LogP contribution < -0.4 is 21.2 Å². The van der Waals surface area contributed by atoms with Crippen LogP contribution >= 0.6 is 30.3 Å².